The Morgan fingerprint density at radius 1 is 1.00 bits per heavy atom. The van der Waals surface area contributed by atoms with Crippen LogP contribution >= 0.6 is 11.6 Å². The van der Waals surface area contributed by atoms with E-state index in [2.05, 4.69) is 10.6 Å². The molecule has 0 spiro atoms. The summed E-state index contributed by atoms with van der Waals surface area (Å²) in [5, 5.41) is 6.07. The van der Waals surface area contributed by atoms with Crippen LogP contribution in [0.5, 0.6) is 0 Å². The highest BCUT2D eigenvalue weighted by atomic mass is 35.5. The maximum atomic E-state index is 12.4. The summed E-state index contributed by atoms with van der Waals surface area (Å²) in [5.41, 5.74) is 1.43. The van der Waals surface area contributed by atoms with Gasteiger partial charge >= 0.3 is 0 Å². The summed E-state index contributed by atoms with van der Waals surface area (Å²) < 4.78 is 0. The highest BCUT2D eigenvalue weighted by Crippen LogP contribution is 2.12. The lowest BCUT2D eigenvalue weighted by molar-refractivity contribution is -0.118. The van der Waals surface area contributed by atoms with E-state index in [0.717, 1.165) is 5.56 Å². The Morgan fingerprint density at radius 3 is 2.21 bits per heavy atom. The molecule has 4 nitrogen and oxygen atoms in total. The highest BCUT2D eigenvalue weighted by molar-refractivity contribution is 6.30. The molecule has 0 aliphatic carbocycles. The molecule has 0 unspecified atom stereocenters. The van der Waals surface area contributed by atoms with Gasteiger partial charge in [-0.05, 0) is 49.8 Å². The van der Waals surface area contributed by atoms with Crippen LogP contribution in [0.4, 0.5) is 0 Å². The zero-order valence-electron chi connectivity index (χ0n) is 13.5. The Hall–Kier alpha value is -2.59. The average molecular weight is 343 g/mol. The first-order valence-electron chi connectivity index (χ1n) is 7.60. The van der Waals surface area contributed by atoms with Crippen molar-refractivity contribution in [2.75, 3.05) is 0 Å². The molecule has 0 aliphatic rings. The van der Waals surface area contributed by atoms with Gasteiger partial charge in [-0.1, -0.05) is 41.9 Å². The Kier molecular flexibility index (Phi) is 6.15. The fraction of sp³-hybridized carbons (Fsp3) is 0.158. The summed E-state index contributed by atoms with van der Waals surface area (Å²) in [6, 6.07) is 15.7. The van der Waals surface area contributed by atoms with Crippen molar-refractivity contribution < 1.29 is 9.59 Å². The van der Waals surface area contributed by atoms with Crippen molar-refractivity contribution in [2.24, 2.45) is 0 Å². The molecule has 124 valence electrons. The molecule has 5 heteroatoms. The van der Waals surface area contributed by atoms with Gasteiger partial charge in [-0.3, -0.25) is 9.59 Å². The lowest BCUT2D eigenvalue weighted by atomic mass is 10.1. The third-order valence-electron chi connectivity index (χ3n) is 3.13. The lowest BCUT2D eigenvalue weighted by Crippen LogP contribution is -2.38. The first kappa shape index (κ1) is 17.8. The van der Waals surface area contributed by atoms with Gasteiger partial charge in [-0.25, -0.2) is 0 Å². The zero-order chi connectivity index (χ0) is 17.5. The molecule has 24 heavy (non-hydrogen) atoms. The molecule has 0 aliphatic heterocycles. The molecule has 2 N–H and O–H groups in total. The zero-order valence-corrected chi connectivity index (χ0v) is 14.3. The van der Waals surface area contributed by atoms with Gasteiger partial charge in [0.2, 0.25) is 0 Å². The molecule has 2 rings (SSSR count). The van der Waals surface area contributed by atoms with E-state index in [0.29, 0.717) is 10.6 Å². The van der Waals surface area contributed by atoms with Crippen LogP contribution in [0.15, 0.2) is 60.3 Å². The van der Waals surface area contributed by atoms with Gasteiger partial charge in [0, 0.05) is 16.6 Å². The minimum Gasteiger partial charge on any atom is -0.349 e. The van der Waals surface area contributed by atoms with Crippen molar-refractivity contribution in [2.45, 2.75) is 19.9 Å². The van der Waals surface area contributed by atoms with Crippen molar-refractivity contribution >= 4 is 29.5 Å². The molecule has 0 fully saturated rings. The third-order valence-corrected chi connectivity index (χ3v) is 3.38. The molecule has 0 saturated heterocycles. The molecule has 2 aromatic carbocycles. The highest BCUT2D eigenvalue weighted by Gasteiger charge is 2.15. The minimum atomic E-state index is -0.343. The van der Waals surface area contributed by atoms with E-state index in [-0.39, 0.29) is 23.6 Å². The van der Waals surface area contributed by atoms with E-state index in [1.165, 1.54) is 0 Å². The molecule has 2 amide bonds. The molecule has 0 radical (unpaired) electrons. The van der Waals surface area contributed by atoms with Crippen LogP contribution in [0.3, 0.4) is 0 Å². The third kappa shape index (κ3) is 5.25. The van der Waals surface area contributed by atoms with Gasteiger partial charge in [0.15, 0.2) is 0 Å². The number of nitrogens with one attached hydrogen (secondary N) is 2. The summed E-state index contributed by atoms with van der Waals surface area (Å²) >= 11 is 5.87. The monoisotopic (exact) mass is 342 g/mol. The first-order valence-corrected chi connectivity index (χ1v) is 7.98. The van der Waals surface area contributed by atoms with Crippen molar-refractivity contribution in [3.8, 4) is 0 Å². The number of carbonyl (C=O) groups excluding carboxylic acids is 2. The summed E-state index contributed by atoms with van der Waals surface area (Å²) in [6.45, 7) is 3.72. The Bertz CT molecular complexity index is 738. The standard InChI is InChI=1S/C19H19ClN2O2/c1-13(2)21-19(24)17(12-14-8-10-16(20)11-9-14)22-18(23)15-6-4-3-5-7-15/h3-13H,1-2H3,(H,21,24)(H,22,23). The van der Waals surface area contributed by atoms with Crippen molar-refractivity contribution in [3.63, 3.8) is 0 Å². The number of hydrogen-bond donors (Lipinski definition) is 2. The van der Waals surface area contributed by atoms with Gasteiger partial charge < -0.3 is 10.6 Å². The van der Waals surface area contributed by atoms with E-state index in [1.54, 1.807) is 54.6 Å². The predicted octanol–water partition coefficient (Wildman–Crippen LogP) is 3.64. The number of halogens is 1. The summed E-state index contributed by atoms with van der Waals surface area (Å²) in [7, 11) is 0. The van der Waals surface area contributed by atoms with Gasteiger partial charge in [-0.2, -0.15) is 0 Å². The van der Waals surface area contributed by atoms with Crippen LogP contribution in [0.2, 0.25) is 5.02 Å². The number of benzene rings is 2. The molecular weight excluding hydrogens is 324 g/mol. The smallest absolute Gasteiger partial charge is 0.268 e. The van der Waals surface area contributed by atoms with E-state index < -0.39 is 0 Å². The number of hydrogen-bond acceptors (Lipinski definition) is 2. The quantitative estimate of drug-likeness (QED) is 0.815. The topological polar surface area (TPSA) is 58.2 Å². The fourth-order valence-corrected chi connectivity index (χ4v) is 2.13. The summed E-state index contributed by atoms with van der Waals surface area (Å²) in [6.07, 6.45) is 1.62. The Morgan fingerprint density at radius 2 is 1.62 bits per heavy atom. The second kappa shape index (κ2) is 8.31. The van der Waals surface area contributed by atoms with Gasteiger partial charge in [0.25, 0.3) is 11.8 Å². The second-order valence-electron chi connectivity index (χ2n) is 5.56. The van der Waals surface area contributed by atoms with Crippen LogP contribution in [0.25, 0.3) is 6.08 Å². The molecule has 0 saturated carbocycles. The molecular formula is C19H19ClN2O2. The van der Waals surface area contributed by atoms with Gasteiger partial charge in [0.1, 0.15) is 5.70 Å². The van der Waals surface area contributed by atoms with Crippen molar-refractivity contribution in [1.29, 1.82) is 0 Å². The van der Waals surface area contributed by atoms with Crippen LogP contribution < -0.4 is 10.6 Å². The van der Waals surface area contributed by atoms with Crippen LogP contribution in [0.1, 0.15) is 29.8 Å². The molecule has 0 bridgehead atoms. The van der Waals surface area contributed by atoms with Gasteiger partial charge in [-0.15, -0.1) is 0 Å². The Balaban J connectivity index is 2.27. The minimum absolute atomic E-state index is 0.0419. The molecule has 2 aromatic rings. The maximum Gasteiger partial charge on any atom is 0.268 e. The normalized spacial score (nSPS) is 11.2. The van der Waals surface area contributed by atoms with Crippen molar-refractivity contribution in [3.05, 3.63) is 76.4 Å². The molecule has 0 atom stereocenters. The fourth-order valence-electron chi connectivity index (χ4n) is 2.01. The van der Waals surface area contributed by atoms with Crippen LogP contribution in [0, 0.1) is 0 Å². The Labute approximate surface area is 146 Å². The van der Waals surface area contributed by atoms with Crippen molar-refractivity contribution in [1.82, 2.24) is 10.6 Å². The number of carbonyl (C=O) groups is 2. The van der Waals surface area contributed by atoms with E-state index >= 15 is 0 Å². The van der Waals surface area contributed by atoms with E-state index in [1.807, 2.05) is 19.9 Å². The molecule has 0 heterocycles. The largest absolute Gasteiger partial charge is 0.349 e. The summed E-state index contributed by atoms with van der Waals surface area (Å²) in [5.74, 6) is -0.682. The predicted molar refractivity (Wildman–Crippen MR) is 96.6 cm³/mol. The number of rotatable bonds is 5. The number of amides is 2. The van der Waals surface area contributed by atoms with Crippen LogP contribution in [-0.2, 0) is 4.79 Å². The van der Waals surface area contributed by atoms with E-state index in [4.69, 9.17) is 11.6 Å². The average Bonchev–Trinajstić information content (AvgIpc) is 2.56. The maximum absolute atomic E-state index is 12.4. The van der Waals surface area contributed by atoms with Crippen LogP contribution in [-0.4, -0.2) is 17.9 Å². The second-order valence-corrected chi connectivity index (χ2v) is 5.99. The first-order chi connectivity index (χ1) is 11.5. The SMILES string of the molecule is CC(C)NC(=O)C(=Cc1ccc(Cl)cc1)NC(=O)c1ccccc1. The molecule has 0 aromatic heterocycles. The lowest BCUT2D eigenvalue weighted by Gasteiger charge is -2.13. The van der Waals surface area contributed by atoms with Gasteiger partial charge in [0.05, 0.1) is 0 Å². The van der Waals surface area contributed by atoms with E-state index in [9.17, 15) is 9.59 Å². The summed E-state index contributed by atoms with van der Waals surface area (Å²) in [4.78, 5) is 24.7.